The number of carbonyl (C=O) groups excluding carboxylic acids is 3. The Bertz CT molecular complexity index is 1270. The third kappa shape index (κ3) is 5.76. The van der Waals surface area contributed by atoms with Gasteiger partial charge in [0.25, 0.3) is 17.7 Å². The van der Waals surface area contributed by atoms with Crippen molar-refractivity contribution in [2.75, 3.05) is 18.4 Å². The van der Waals surface area contributed by atoms with Crippen LogP contribution in [0.1, 0.15) is 54.7 Å². The zero-order valence-corrected chi connectivity index (χ0v) is 21.0. The first-order valence-electron chi connectivity index (χ1n) is 10.9. The standard InChI is InChI=1S/C23H25BrN4O7/c1-23(2,3)34-22(31)28-8-6-13(7-9-28)32-17-11-16(35-27-17)21(30)26-18-14-10-12(24)4-5-15(14)33-19(18)20(25)29/h4-5,10-11,13H,6-9H2,1-3H3,(H2,25,29)(H,26,30). The highest BCUT2D eigenvalue weighted by Gasteiger charge is 2.29. The zero-order chi connectivity index (χ0) is 25.3. The number of piperidine rings is 1. The summed E-state index contributed by atoms with van der Waals surface area (Å²) in [6, 6.07) is 6.44. The van der Waals surface area contributed by atoms with Crippen LogP contribution in [0.15, 0.2) is 37.7 Å². The van der Waals surface area contributed by atoms with Crippen LogP contribution in [-0.2, 0) is 4.74 Å². The SMILES string of the molecule is CC(C)(C)OC(=O)N1CCC(Oc2cc(C(=O)Nc3c(C(N)=O)oc4ccc(Br)cc34)on2)CC1. The quantitative estimate of drug-likeness (QED) is 0.478. The van der Waals surface area contributed by atoms with Crippen molar-refractivity contribution in [3.8, 4) is 5.88 Å². The van der Waals surface area contributed by atoms with Crippen LogP contribution in [0.2, 0.25) is 0 Å². The second-order valence-electron chi connectivity index (χ2n) is 9.08. The van der Waals surface area contributed by atoms with Gasteiger partial charge in [-0.3, -0.25) is 9.59 Å². The number of hydrogen-bond acceptors (Lipinski definition) is 8. The Kier molecular flexibility index (Phi) is 6.75. The number of ether oxygens (including phenoxy) is 2. The molecule has 0 aliphatic carbocycles. The molecule has 4 rings (SSSR count). The fraction of sp³-hybridized carbons (Fsp3) is 0.391. The lowest BCUT2D eigenvalue weighted by Gasteiger charge is -2.33. The number of fused-ring (bicyclic) bond motifs is 1. The van der Waals surface area contributed by atoms with Gasteiger partial charge in [-0.15, -0.1) is 0 Å². The summed E-state index contributed by atoms with van der Waals surface area (Å²) in [6.07, 6.45) is 0.591. The predicted molar refractivity (Wildman–Crippen MR) is 128 cm³/mol. The van der Waals surface area contributed by atoms with Gasteiger partial charge in [0.2, 0.25) is 11.5 Å². The fourth-order valence-corrected chi connectivity index (χ4v) is 3.98. The molecule has 186 valence electrons. The third-order valence-corrected chi connectivity index (χ3v) is 5.70. The van der Waals surface area contributed by atoms with E-state index >= 15 is 0 Å². The predicted octanol–water partition coefficient (Wildman–Crippen LogP) is 4.31. The minimum atomic E-state index is -0.827. The van der Waals surface area contributed by atoms with Gasteiger partial charge in [-0.25, -0.2) is 4.79 Å². The maximum Gasteiger partial charge on any atom is 0.410 e. The fourth-order valence-electron chi connectivity index (χ4n) is 3.62. The Hall–Kier alpha value is -3.54. The smallest absolute Gasteiger partial charge is 0.410 e. The van der Waals surface area contributed by atoms with E-state index in [1.165, 1.54) is 6.07 Å². The molecule has 0 saturated carbocycles. The average Bonchev–Trinajstić information content (AvgIpc) is 3.38. The van der Waals surface area contributed by atoms with E-state index in [4.69, 9.17) is 24.1 Å². The van der Waals surface area contributed by atoms with E-state index in [9.17, 15) is 14.4 Å². The highest BCUT2D eigenvalue weighted by atomic mass is 79.9. The number of nitrogens with two attached hydrogens (primary N) is 1. The summed E-state index contributed by atoms with van der Waals surface area (Å²) >= 11 is 3.35. The van der Waals surface area contributed by atoms with Gasteiger partial charge in [0.1, 0.15) is 23.0 Å². The lowest BCUT2D eigenvalue weighted by molar-refractivity contribution is 0.0120. The molecule has 3 heterocycles. The van der Waals surface area contributed by atoms with E-state index in [-0.39, 0.29) is 35.3 Å². The number of amides is 3. The van der Waals surface area contributed by atoms with E-state index in [0.29, 0.717) is 36.9 Å². The van der Waals surface area contributed by atoms with Crippen LogP contribution in [-0.4, -0.2) is 52.8 Å². The second-order valence-corrected chi connectivity index (χ2v) is 9.99. The normalized spacial score (nSPS) is 14.7. The van der Waals surface area contributed by atoms with Crippen molar-refractivity contribution in [2.24, 2.45) is 5.73 Å². The Morgan fingerprint density at radius 2 is 1.91 bits per heavy atom. The van der Waals surface area contributed by atoms with E-state index < -0.39 is 17.4 Å². The molecule has 3 aromatic rings. The number of furan rings is 1. The summed E-state index contributed by atoms with van der Waals surface area (Å²) in [7, 11) is 0. The van der Waals surface area contributed by atoms with Crippen LogP contribution in [0.4, 0.5) is 10.5 Å². The number of hydrogen-bond donors (Lipinski definition) is 2. The Balaban J connectivity index is 1.39. The van der Waals surface area contributed by atoms with Gasteiger partial charge >= 0.3 is 6.09 Å². The summed E-state index contributed by atoms with van der Waals surface area (Å²) in [6.45, 7) is 6.42. The molecule has 2 aromatic heterocycles. The topological polar surface area (TPSA) is 150 Å². The Morgan fingerprint density at radius 1 is 1.20 bits per heavy atom. The van der Waals surface area contributed by atoms with Gasteiger partial charge in [0.05, 0.1) is 6.07 Å². The molecule has 0 spiro atoms. The summed E-state index contributed by atoms with van der Waals surface area (Å²) < 4.78 is 22.6. The molecule has 3 amide bonds. The number of nitrogens with one attached hydrogen (secondary N) is 1. The van der Waals surface area contributed by atoms with E-state index in [1.807, 2.05) is 20.8 Å². The van der Waals surface area contributed by atoms with Crippen LogP contribution in [0.5, 0.6) is 5.88 Å². The number of nitrogens with zero attached hydrogens (tertiary/aromatic N) is 2. The van der Waals surface area contributed by atoms with Gasteiger partial charge in [-0.2, -0.15) is 0 Å². The van der Waals surface area contributed by atoms with E-state index in [0.717, 1.165) is 4.47 Å². The number of carbonyl (C=O) groups is 3. The van der Waals surface area contributed by atoms with E-state index in [2.05, 4.69) is 26.4 Å². The van der Waals surface area contributed by atoms with Gasteiger partial charge < -0.3 is 34.4 Å². The number of aromatic nitrogens is 1. The summed E-state index contributed by atoms with van der Waals surface area (Å²) in [4.78, 5) is 38.5. The molecule has 3 N–H and O–H groups in total. The maximum absolute atomic E-state index is 12.8. The molecule has 0 radical (unpaired) electrons. The highest BCUT2D eigenvalue weighted by Crippen LogP contribution is 2.33. The molecular weight excluding hydrogens is 524 g/mol. The monoisotopic (exact) mass is 548 g/mol. The van der Waals surface area contributed by atoms with Crippen LogP contribution in [0, 0.1) is 0 Å². The van der Waals surface area contributed by atoms with Crippen molar-refractivity contribution in [3.05, 3.63) is 40.3 Å². The molecule has 1 saturated heterocycles. The highest BCUT2D eigenvalue weighted by molar-refractivity contribution is 9.10. The molecule has 1 aliphatic heterocycles. The van der Waals surface area contributed by atoms with Crippen molar-refractivity contribution in [3.63, 3.8) is 0 Å². The van der Waals surface area contributed by atoms with Crippen LogP contribution in [0.25, 0.3) is 11.0 Å². The largest absolute Gasteiger partial charge is 0.472 e. The molecule has 0 unspecified atom stereocenters. The molecule has 11 nitrogen and oxygen atoms in total. The Labute approximate surface area is 209 Å². The summed E-state index contributed by atoms with van der Waals surface area (Å²) in [5, 5.41) is 6.92. The number of likely N-dealkylation sites (tertiary alicyclic amines) is 1. The van der Waals surface area contributed by atoms with Crippen molar-refractivity contribution >= 4 is 50.5 Å². The van der Waals surface area contributed by atoms with Gasteiger partial charge in [0.15, 0.2) is 0 Å². The first kappa shape index (κ1) is 24.6. The van der Waals surface area contributed by atoms with Crippen molar-refractivity contribution in [1.82, 2.24) is 10.1 Å². The van der Waals surface area contributed by atoms with Gasteiger partial charge in [0, 0.05) is 35.8 Å². The van der Waals surface area contributed by atoms with Crippen LogP contribution < -0.4 is 15.8 Å². The van der Waals surface area contributed by atoms with Crippen molar-refractivity contribution in [2.45, 2.75) is 45.3 Å². The number of benzene rings is 1. The average molecular weight is 549 g/mol. The van der Waals surface area contributed by atoms with Gasteiger partial charge in [-0.1, -0.05) is 15.9 Å². The molecule has 1 aliphatic rings. The Morgan fingerprint density at radius 3 is 2.57 bits per heavy atom. The maximum atomic E-state index is 12.8. The van der Waals surface area contributed by atoms with Crippen LogP contribution >= 0.6 is 15.9 Å². The van der Waals surface area contributed by atoms with Crippen molar-refractivity contribution < 1.29 is 32.8 Å². The lowest BCUT2D eigenvalue weighted by Crippen LogP contribution is -2.44. The number of halogens is 1. The molecule has 0 bridgehead atoms. The third-order valence-electron chi connectivity index (χ3n) is 5.21. The van der Waals surface area contributed by atoms with Crippen molar-refractivity contribution in [1.29, 1.82) is 0 Å². The first-order valence-corrected chi connectivity index (χ1v) is 11.7. The molecular formula is C23H25BrN4O7. The van der Waals surface area contributed by atoms with Gasteiger partial charge in [-0.05, 0) is 44.1 Å². The number of rotatable bonds is 5. The molecule has 1 aromatic carbocycles. The molecule has 1 fully saturated rings. The number of anilines is 1. The number of primary amides is 1. The van der Waals surface area contributed by atoms with Crippen LogP contribution in [0.3, 0.4) is 0 Å². The minimum absolute atomic E-state index is 0.119. The zero-order valence-electron chi connectivity index (χ0n) is 19.4. The minimum Gasteiger partial charge on any atom is -0.472 e. The molecule has 35 heavy (non-hydrogen) atoms. The molecule has 0 atom stereocenters. The summed E-state index contributed by atoms with van der Waals surface area (Å²) in [5.41, 5.74) is 5.38. The molecule has 12 heteroatoms. The second kappa shape index (κ2) is 9.61. The summed E-state index contributed by atoms with van der Waals surface area (Å²) in [5.74, 6) is -1.64. The first-order chi connectivity index (χ1) is 16.5. The lowest BCUT2D eigenvalue weighted by atomic mass is 10.1. The van der Waals surface area contributed by atoms with E-state index in [1.54, 1.807) is 23.1 Å².